The van der Waals surface area contributed by atoms with Crippen molar-refractivity contribution < 1.29 is 13.5 Å². The van der Waals surface area contributed by atoms with Crippen molar-refractivity contribution in [1.29, 1.82) is 0 Å². The summed E-state index contributed by atoms with van der Waals surface area (Å²) in [4.78, 5) is 4.17. The number of aliphatic imine (C=N–C) groups is 1. The summed E-state index contributed by atoms with van der Waals surface area (Å²) in [5.74, 6) is 0.948. The van der Waals surface area contributed by atoms with Gasteiger partial charge >= 0.3 is 6.61 Å². The number of halogens is 4. The lowest BCUT2D eigenvalue weighted by atomic mass is 10.2. The van der Waals surface area contributed by atoms with Gasteiger partial charge < -0.3 is 15.4 Å². The van der Waals surface area contributed by atoms with Gasteiger partial charge in [0.05, 0.1) is 5.69 Å². The van der Waals surface area contributed by atoms with Crippen molar-refractivity contribution >= 4 is 41.5 Å². The molecular weight excluding hydrogens is 515 g/mol. The van der Waals surface area contributed by atoms with E-state index in [-0.39, 0.29) is 36.3 Å². The molecule has 0 aliphatic heterocycles. The first-order chi connectivity index (χ1) is 13.3. The molecule has 1 aromatic carbocycles. The van der Waals surface area contributed by atoms with Crippen molar-refractivity contribution in [2.75, 3.05) is 13.6 Å². The molecule has 0 radical (unpaired) electrons. The minimum atomic E-state index is -2.90. The van der Waals surface area contributed by atoms with Gasteiger partial charge in [0, 0.05) is 43.0 Å². The highest BCUT2D eigenvalue weighted by Gasteiger charge is 2.12. The molecule has 0 bridgehead atoms. The van der Waals surface area contributed by atoms with Crippen LogP contribution in [0.3, 0.4) is 0 Å². The fraction of sp³-hybridized carbons (Fsp3) is 0.474. The van der Waals surface area contributed by atoms with Crippen LogP contribution in [-0.4, -0.2) is 35.9 Å². The smallest absolute Gasteiger partial charge is 0.387 e. The molecule has 10 heteroatoms. The Labute approximate surface area is 192 Å². The number of aryl methyl sites for hydroxylation is 2. The van der Waals surface area contributed by atoms with E-state index in [2.05, 4.69) is 32.4 Å². The summed E-state index contributed by atoms with van der Waals surface area (Å²) >= 11 is 5.97. The van der Waals surface area contributed by atoms with Crippen LogP contribution in [0.25, 0.3) is 0 Å². The number of benzene rings is 1. The van der Waals surface area contributed by atoms with E-state index >= 15 is 0 Å². The Morgan fingerprint density at radius 2 is 2.00 bits per heavy atom. The van der Waals surface area contributed by atoms with Crippen LogP contribution in [0, 0.1) is 19.8 Å². The number of nitrogens with zero attached hydrogens (tertiary/aromatic N) is 3. The summed E-state index contributed by atoms with van der Waals surface area (Å²) in [6, 6.07) is 6.57. The molecule has 2 N–H and O–H groups in total. The average Bonchev–Trinajstić information content (AvgIpc) is 2.93. The first kappa shape index (κ1) is 25.4. The van der Waals surface area contributed by atoms with E-state index in [1.165, 1.54) is 12.1 Å². The number of ether oxygens (including phenoxy) is 1. The largest absolute Gasteiger partial charge is 0.434 e. The first-order valence-electron chi connectivity index (χ1n) is 8.97. The zero-order valence-electron chi connectivity index (χ0n) is 16.9. The summed E-state index contributed by atoms with van der Waals surface area (Å²) in [6.45, 7) is 4.92. The van der Waals surface area contributed by atoms with Crippen LogP contribution >= 0.6 is 35.6 Å². The maximum Gasteiger partial charge on any atom is 0.387 e. The van der Waals surface area contributed by atoms with Crippen LogP contribution in [0.1, 0.15) is 23.9 Å². The predicted octanol–water partition coefficient (Wildman–Crippen LogP) is 4.37. The van der Waals surface area contributed by atoms with Gasteiger partial charge in [-0.25, -0.2) is 0 Å². The molecule has 0 amide bonds. The summed E-state index contributed by atoms with van der Waals surface area (Å²) in [7, 11) is 1.65. The van der Waals surface area contributed by atoms with Gasteiger partial charge in [-0.3, -0.25) is 9.67 Å². The van der Waals surface area contributed by atoms with Crippen LogP contribution in [-0.2, 0) is 13.1 Å². The van der Waals surface area contributed by atoms with E-state index in [1.54, 1.807) is 13.1 Å². The van der Waals surface area contributed by atoms with Gasteiger partial charge in [0.1, 0.15) is 5.75 Å². The third kappa shape index (κ3) is 8.33. The van der Waals surface area contributed by atoms with E-state index in [4.69, 9.17) is 11.6 Å². The Morgan fingerprint density at radius 3 is 2.59 bits per heavy atom. The quantitative estimate of drug-likeness (QED) is 0.296. The number of hydrogen-bond donors (Lipinski definition) is 2. The zero-order chi connectivity index (χ0) is 20.7. The van der Waals surface area contributed by atoms with Crippen LogP contribution < -0.4 is 15.4 Å². The van der Waals surface area contributed by atoms with Gasteiger partial charge in [0.15, 0.2) is 5.96 Å². The SMILES string of the molecule is CN=C(NCc1cc(Cl)ccc1OC(F)F)NCC(C)Cn1nc(C)cc1C.I. The molecule has 1 heterocycles. The second kappa shape index (κ2) is 12.2. The van der Waals surface area contributed by atoms with Crippen molar-refractivity contribution in [2.45, 2.75) is 40.5 Å². The van der Waals surface area contributed by atoms with E-state index in [9.17, 15) is 8.78 Å². The lowest BCUT2D eigenvalue weighted by molar-refractivity contribution is -0.0504. The first-order valence-corrected chi connectivity index (χ1v) is 9.35. The molecule has 0 spiro atoms. The Bertz CT molecular complexity index is 816. The lowest BCUT2D eigenvalue weighted by Gasteiger charge is -2.18. The molecule has 6 nitrogen and oxygen atoms in total. The number of nitrogens with one attached hydrogen (secondary N) is 2. The molecule has 0 aliphatic rings. The van der Waals surface area contributed by atoms with Gasteiger partial charge in [0.2, 0.25) is 0 Å². The summed E-state index contributed by atoms with van der Waals surface area (Å²) in [6.07, 6.45) is 0. The molecule has 1 atom stereocenters. The monoisotopic (exact) mass is 541 g/mol. The third-order valence-corrected chi connectivity index (χ3v) is 4.35. The van der Waals surface area contributed by atoms with Gasteiger partial charge in [-0.1, -0.05) is 18.5 Å². The number of guanidine groups is 1. The van der Waals surface area contributed by atoms with Crippen molar-refractivity contribution in [3.63, 3.8) is 0 Å². The van der Waals surface area contributed by atoms with E-state index in [0.717, 1.165) is 17.9 Å². The molecule has 162 valence electrons. The highest BCUT2D eigenvalue weighted by Crippen LogP contribution is 2.24. The second-order valence-electron chi connectivity index (χ2n) is 6.65. The molecule has 29 heavy (non-hydrogen) atoms. The second-order valence-corrected chi connectivity index (χ2v) is 7.09. The minimum Gasteiger partial charge on any atom is -0.434 e. The number of alkyl halides is 2. The lowest BCUT2D eigenvalue weighted by Crippen LogP contribution is -2.39. The molecule has 0 saturated carbocycles. The summed E-state index contributed by atoms with van der Waals surface area (Å²) in [5.41, 5.74) is 2.64. The van der Waals surface area contributed by atoms with Crippen molar-refractivity contribution in [3.8, 4) is 5.75 Å². The van der Waals surface area contributed by atoms with Gasteiger partial charge in [-0.2, -0.15) is 13.9 Å². The minimum absolute atomic E-state index is 0. The molecule has 2 aromatic rings. The normalized spacial score (nSPS) is 12.5. The maximum atomic E-state index is 12.6. The van der Waals surface area contributed by atoms with Crippen LogP contribution in [0.15, 0.2) is 29.3 Å². The predicted molar refractivity (Wildman–Crippen MR) is 123 cm³/mol. The van der Waals surface area contributed by atoms with E-state index in [0.29, 0.717) is 29.0 Å². The number of aromatic nitrogens is 2. The van der Waals surface area contributed by atoms with Crippen LogP contribution in [0.2, 0.25) is 5.02 Å². The van der Waals surface area contributed by atoms with Gasteiger partial charge in [0.25, 0.3) is 0 Å². The van der Waals surface area contributed by atoms with Crippen molar-refractivity contribution in [1.82, 2.24) is 20.4 Å². The Balaban J connectivity index is 0.00000420. The van der Waals surface area contributed by atoms with Crippen LogP contribution in [0.4, 0.5) is 8.78 Å². The van der Waals surface area contributed by atoms with Crippen LogP contribution in [0.5, 0.6) is 5.75 Å². The number of rotatable bonds is 8. The molecule has 0 saturated heterocycles. The zero-order valence-corrected chi connectivity index (χ0v) is 20.0. The highest BCUT2D eigenvalue weighted by atomic mass is 127. The fourth-order valence-electron chi connectivity index (χ4n) is 2.79. The molecular formula is C19H27ClF2IN5O. The van der Waals surface area contributed by atoms with Crippen molar-refractivity contribution in [2.24, 2.45) is 10.9 Å². The molecule has 1 aromatic heterocycles. The molecule has 0 aliphatic carbocycles. The van der Waals surface area contributed by atoms with Crippen molar-refractivity contribution in [3.05, 3.63) is 46.2 Å². The number of hydrogen-bond acceptors (Lipinski definition) is 3. The fourth-order valence-corrected chi connectivity index (χ4v) is 2.98. The highest BCUT2D eigenvalue weighted by molar-refractivity contribution is 14.0. The van der Waals surface area contributed by atoms with Gasteiger partial charge in [-0.05, 0) is 44.0 Å². The summed E-state index contributed by atoms with van der Waals surface area (Å²) in [5, 5.41) is 11.2. The molecule has 1 unspecified atom stereocenters. The summed E-state index contributed by atoms with van der Waals surface area (Å²) < 4.78 is 31.7. The topological polar surface area (TPSA) is 63.5 Å². The Morgan fingerprint density at radius 1 is 1.28 bits per heavy atom. The van der Waals surface area contributed by atoms with E-state index in [1.807, 2.05) is 24.6 Å². The standard InChI is InChI=1S/C19H26ClF2N5O.HI/c1-12(11-27-14(3)7-13(2)26-27)9-24-19(23-4)25-10-15-8-16(20)5-6-17(15)28-18(21)22;/h5-8,12,18H,9-11H2,1-4H3,(H2,23,24,25);1H. The van der Waals surface area contributed by atoms with E-state index < -0.39 is 6.61 Å². The van der Waals surface area contributed by atoms with Gasteiger partial charge in [-0.15, -0.1) is 24.0 Å². The Hall–Kier alpha value is -1.62. The maximum absolute atomic E-state index is 12.6. The molecule has 0 fully saturated rings. The third-order valence-electron chi connectivity index (χ3n) is 4.11. The Kier molecular flexibility index (Phi) is 10.7. The average molecular weight is 542 g/mol. The molecule has 2 rings (SSSR count).